The predicted molar refractivity (Wildman–Crippen MR) is 92.4 cm³/mol. The van der Waals surface area contributed by atoms with Crippen molar-refractivity contribution in [3.63, 3.8) is 0 Å². The van der Waals surface area contributed by atoms with E-state index in [1.807, 2.05) is 6.92 Å². The molecule has 0 aromatic heterocycles. The summed E-state index contributed by atoms with van der Waals surface area (Å²) in [7, 11) is 0. The fourth-order valence-corrected chi connectivity index (χ4v) is 15.3. The first kappa shape index (κ1) is 16.8. The van der Waals surface area contributed by atoms with E-state index in [2.05, 4.69) is 24.3 Å². The molecule has 0 spiro atoms. The Morgan fingerprint density at radius 2 is 1.45 bits per heavy atom. The molecule has 2 saturated carbocycles. The zero-order chi connectivity index (χ0) is 15.4. The van der Waals surface area contributed by atoms with Crippen LogP contribution in [0.25, 0.3) is 0 Å². The second-order valence-electron chi connectivity index (χ2n) is 6.26. The third-order valence-corrected chi connectivity index (χ3v) is 15.9. The van der Waals surface area contributed by atoms with E-state index in [0.717, 1.165) is 25.5 Å². The van der Waals surface area contributed by atoms with Crippen LogP contribution in [0.2, 0.25) is 8.78 Å². The second kappa shape index (κ2) is 7.69. The van der Waals surface area contributed by atoms with Gasteiger partial charge >= 0.3 is 144 Å². The fourth-order valence-electron chi connectivity index (χ4n) is 3.93. The van der Waals surface area contributed by atoms with Crippen molar-refractivity contribution >= 4 is 15.6 Å². The maximum absolute atomic E-state index is 6.76. The van der Waals surface area contributed by atoms with E-state index in [1.54, 1.807) is 4.04 Å². The van der Waals surface area contributed by atoms with E-state index in [1.165, 1.54) is 51.4 Å². The molecule has 0 N–H and O–H groups in total. The molecule has 0 aliphatic heterocycles. The average molecular weight is 415 g/mol. The number of rotatable bonds is 6. The maximum atomic E-state index is 6.76. The van der Waals surface area contributed by atoms with E-state index in [4.69, 9.17) is 16.3 Å². The molecule has 2 aliphatic rings. The molecule has 0 heterocycles. The summed E-state index contributed by atoms with van der Waals surface area (Å²) in [6.07, 6.45) is 11.4. The van der Waals surface area contributed by atoms with E-state index in [-0.39, 0.29) is 0 Å². The summed E-state index contributed by atoms with van der Waals surface area (Å²) >= 11 is 5.00. The third kappa shape index (κ3) is 3.12. The Hall–Kier alpha value is -0.0277. The van der Waals surface area contributed by atoms with Crippen LogP contribution in [0.1, 0.15) is 58.3 Å². The van der Waals surface area contributed by atoms with Crippen LogP contribution in [0.4, 0.5) is 0 Å². The molecule has 22 heavy (non-hydrogen) atoms. The predicted octanol–water partition coefficient (Wildman–Crippen LogP) is 5.79. The Morgan fingerprint density at radius 1 is 0.955 bits per heavy atom. The van der Waals surface area contributed by atoms with Crippen LogP contribution in [0.3, 0.4) is 0 Å². The monoisotopic (exact) mass is 414 g/mol. The molecular formula is C19H29ClOPd. The van der Waals surface area contributed by atoms with Crippen molar-refractivity contribution in [1.82, 2.24) is 0 Å². The second-order valence-corrected chi connectivity index (χ2v) is 14.3. The van der Waals surface area contributed by atoms with Crippen molar-refractivity contribution in [2.75, 3.05) is 11.0 Å². The minimum absolute atomic E-state index is 0.740. The van der Waals surface area contributed by atoms with Crippen LogP contribution in [-0.4, -0.2) is 11.0 Å². The number of alkyl halides is 1. The van der Waals surface area contributed by atoms with Gasteiger partial charge < -0.3 is 0 Å². The van der Waals surface area contributed by atoms with Gasteiger partial charge in [0.05, 0.1) is 0 Å². The summed E-state index contributed by atoms with van der Waals surface area (Å²) < 4.78 is 10.0. The van der Waals surface area contributed by atoms with E-state index < -0.39 is 15.5 Å². The van der Waals surface area contributed by atoms with Crippen molar-refractivity contribution in [3.05, 3.63) is 24.3 Å². The molecular weight excluding hydrogens is 386 g/mol. The van der Waals surface area contributed by atoms with Crippen LogP contribution in [-0.2, 0) is 15.5 Å². The molecule has 0 atom stereocenters. The third-order valence-electron chi connectivity index (χ3n) is 5.00. The molecule has 2 fully saturated rings. The van der Waals surface area contributed by atoms with Gasteiger partial charge in [0.15, 0.2) is 0 Å². The van der Waals surface area contributed by atoms with Crippen molar-refractivity contribution in [1.29, 1.82) is 0 Å². The van der Waals surface area contributed by atoms with Crippen LogP contribution in [0.5, 0.6) is 5.75 Å². The molecule has 0 radical (unpaired) electrons. The molecule has 0 bridgehead atoms. The topological polar surface area (TPSA) is 9.23 Å². The van der Waals surface area contributed by atoms with Gasteiger partial charge in [0.1, 0.15) is 0 Å². The van der Waals surface area contributed by atoms with E-state index in [0.29, 0.717) is 0 Å². The van der Waals surface area contributed by atoms with Crippen LogP contribution in [0, 0.1) is 0 Å². The molecule has 0 saturated heterocycles. The Balaban J connectivity index is 1.95. The van der Waals surface area contributed by atoms with E-state index in [9.17, 15) is 0 Å². The summed E-state index contributed by atoms with van der Waals surface area (Å²) in [5, 5.41) is 0. The van der Waals surface area contributed by atoms with Gasteiger partial charge in [-0.1, -0.05) is 0 Å². The molecule has 1 aromatic carbocycles. The summed E-state index contributed by atoms with van der Waals surface area (Å²) in [6, 6.07) is 9.09. The number of benzene rings is 1. The van der Waals surface area contributed by atoms with Crippen molar-refractivity contribution < 1.29 is 20.3 Å². The molecule has 2 aliphatic carbocycles. The summed E-state index contributed by atoms with van der Waals surface area (Å²) in [6.45, 7) is 2.78. The van der Waals surface area contributed by atoms with E-state index >= 15 is 0 Å². The van der Waals surface area contributed by atoms with Gasteiger partial charge in [0.2, 0.25) is 0 Å². The molecule has 1 aromatic rings. The van der Waals surface area contributed by atoms with Crippen molar-refractivity contribution in [2.45, 2.75) is 67.1 Å². The number of halogens is 1. The number of hydrogen-bond donors (Lipinski definition) is 0. The fraction of sp³-hybridized carbons (Fsp3) is 0.684. The number of ether oxygens (including phenoxy) is 1. The van der Waals surface area contributed by atoms with Gasteiger partial charge in [-0.25, -0.2) is 0 Å². The summed E-state index contributed by atoms with van der Waals surface area (Å²) in [5.74, 6) is 1.00. The SMILES string of the molecule is CCOc1cc[c]([Pd]([CH2]Cl)([CH]2CCCC2)[CH]2CCCC2)cc1. The van der Waals surface area contributed by atoms with Gasteiger partial charge in [-0.05, 0) is 0 Å². The van der Waals surface area contributed by atoms with Crippen LogP contribution in [0.15, 0.2) is 24.3 Å². The number of hydrogen-bond acceptors (Lipinski definition) is 1. The van der Waals surface area contributed by atoms with Crippen LogP contribution >= 0.6 is 11.6 Å². The first-order valence-electron chi connectivity index (χ1n) is 8.67. The Morgan fingerprint density at radius 3 is 1.86 bits per heavy atom. The zero-order valence-corrected chi connectivity index (χ0v) is 15.9. The molecule has 128 valence electrons. The zero-order valence-electron chi connectivity index (χ0n) is 13.6. The molecule has 1 nitrogen and oxygen atoms in total. The van der Waals surface area contributed by atoms with Crippen LogP contribution < -0.4 is 8.77 Å². The van der Waals surface area contributed by atoms with Crippen molar-refractivity contribution in [2.24, 2.45) is 0 Å². The first-order valence-corrected chi connectivity index (χ1v) is 12.9. The van der Waals surface area contributed by atoms with Gasteiger partial charge in [-0.2, -0.15) is 0 Å². The van der Waals surface area contributed by atoms with Gasteiger partial charge in [-0.3, -0.25) is 0 Å². The van der Waals surface area contributed by atoms with Gasteiger partial charge in [0, 0.05) is 0 Å². The standard InChI is InChI=1S/C8H9O.2C5H9.CH2Cl.Pd/c1-2-9-8-6-4-3-5-7-8;2*1-2-4-5-3-1;1-2;/h4-7H,2H2,1H3;2*1H,2-5H2;1H2;. The first-order chi connectivity index (χ1) is 10.8. The van der Waals surface area contributed by atoms with Gasteiger partial charge in [-0.15, -0.1) is 0 Å². The molecule has 3 heteroatoms. The molecule has 0 unspecified atom stereocenters. The summed E-state index contributed by atoms with van der Waals surface area (Å²) in [4.78, 5) is 0. The Bertz CT molecular complexity index is 445. The molecule has 3 rings (SSSR count). The average Bonchev–Trinajstić information content (AvgIpc) is 3.24. The minimum atomic E-state index is -1.76. The summed E-state index contributed by atoms with van der Waals surface area (Å²) in [5.41, 5.74) is 0. The van der Waals surface area contributed by atoms with Gasteiger partial charge in [0.25, 0.3) is 0 Å². The Labute approximate surface area is 143 Å². The van der Waals surface area contributed by atoms with Crippen molar-refractivity contribution in [3.8, 4) is 5.75 Å². The normalized spacial score (nSPS) is 21.4. The molecule has 0 amide bonds. The Kier molecular flexibility index (Phi) is 5.88. The quantitative estimate of drug-likeness (QED) is 0.423.